The number of nitriles is 1. The minimum atomic E-state index is -4.73. The summed E-state index contributed by atoms with van der Waals surface area (Å²) in [6.45, 7) is 1.72. The van der Waals surface area contributed by atoms with Crippen LogP contribution in [0.4, 0.5) is 27.8 Å². The molecule has 11 nitrogen and oxygen atoms in total. The molecule has 1 N–H and O–H groups in total. The zero-order chi connectivity index (χ0) is 32.9. The van der Waals surface area contributed by atoms with Gasteiger partial charge in [-0.15, -0.1) is 0 Å². The summed E-state index contributed by atoms with van der Waals surface area (Å²) >= 11 is 0. The Kier molecular flexibility index (Phi) is 6.34. The van der Waals surface area contributed by atoms with Gasteiger partial charge in [0.1, 0.15) is 35.5 Å². The second-order valence-electron chi connectivity index (χ2n) is 11.4. The van der Waals surface area contributed by atoms with Crippen molar-refractivity contribution in [1.29, 1.82) is 5.26 Å². The fraction of sp³-hybridized carbons (Fsp3) is 0.321. The van der Waals surface area contributed by atoms with Crippen molar-refractivity contribution in [3.63, 3.8) is 0 Å². The summed E-state index contributed by atoms with van der Waals surface area (Å²) in [5, 5.41) is 16.0. The van der Waals surface area contributed by atoms with Crippen molar-refractivity contribution in [2.45, 2.75) is 23.8 Å². The number of hydrogen-bond acceptors (Lipinski definition) is 8. The third-order valence-electron chi connectivity index (χ3n) is 8.45. The van der Waals surface area contributed by atoms with E-state index in [0.717, 1.165) is 17.0 Å². The maximum Gasteiger partial charge on any atom is 0.422 e. The summed E-state index contributed by atoms with van der Waals surface area (Å²) in [5.74, 6) is -4.68. The number of quaternary nitrogens is 1. The smallest absolute Gasteiger partial charge is 0.422 e. The molecule has 1 spiro atoms. The van der Waals surface area contributed by atoms with E-state index < -0.39 is 73.9 Å². The number of hydrogen-bond donors (Lipinski definition) is 1. The zero-order valence-electron chi connectivity index (χ0n) is 23.5. The maximum absolute atomic E-state index is 17.3. The van der Waals surface area contributed by atoms with Crippen molar-refractivity contribution in [2.75, 3.05) is 37.5 Å². The van der Waals surface area contributed by atoms with Crippen LogP contribution in [-0.4, -0.2) is 77.9 Å². The Bertz CT molecular complexity index is 2000. The number of sulfone groups is 1. The average Bonchev–Trinajstić information content (AvgIpc) is 3.35. The second-order valence-corrected chi connectivity index (χ2v) is 13.5. The van der Waals surface area contributed by atoms with Gasteiger partial charge in [-0.3, -0.25) is 4.79 Å². The van der Waals surface area contributed by atoms with Crippen LogP contribution in [0.5, 0.6) is 5.75 Å². The van der Waals surface area contributed by atoms with Crippen LogP contribution in [0.3, 0.4) is 0 Å². The first kappa shape index (κ1) is 30.3. The third-order valence-corrected chi connectivity index (χ3v) is 9.23. The van der Waals surface area contributed by atoms with Crippen LogP contribution in [0, 0.1) is 17.1 Å². The number of benzene rings is 1. The van der Waals surface area contributed by atoms with Crippen LogP contribution >= 0.6 is 0 Å². The first-order valence-corrected chi connectivity index (χ1v) is 15.2. The highest BCUT2D eigenvalue weighted by Gasteiger charge is 2.84. The Morgan fingerprint density at radius 2 is 2.02 bits per heavy atom. The van der Waals surface area contributed by atoms with E-state index in [1.54, 1.807) is 0 Å². The Hall–Kier alpha value is -4.69. The predicted octanol–water partition coefficient (Wildman–Crippen LogP) is 2.99. The topological polar surface area (TPSA) is 144 Å². The van der Waals surface area contributed by atoms with Crippen LogP contribution < -0.4 is 10.1 Å². The molecule has 3 aliphatic rings. The van der Waals surface area contributed by atoms with Gasteiger partial charge in [0.25, 0.3) is 0 Å². The Labute approximate surface area is 252 Å². The summed E-state index contributed by atoms with van der Waals surface area (Å²) in [4.78, 5) is 31.3. The normalized spacial score (nSPS) is 24.9. The van der Waals surface area contributed by atoms with E-state index in [0.29, 0.717) is 6.07 Å². The van der Waals surface area contributed by atoms with Crippen LogP contribution in [-0.2, 0) is 32.3 Å². The van der Waals surface area contributed by atoms with Gasteiger partial charge in [0.15, 0.2) is 33.6 Å². The van der Waals surface area contributed by atoms with Gasteiger partial charge < -0.3 is 10.1 Å². The van der Waals surface area contributed by atoms with Crippen molar-refractivity contribution >= 4 is 27.5 Å². The van der Waals surface area contributed by atoms with Gasteiger partial charge in [0.05, 0.1) is 30.3 Å². The molecule has 2 aliphatic heterocycles. The highest BCUT2D eigenvalue weighted by molar-refractivity contribution is 7.91. The lowest BCUT2D eigenvalue weighted by Crippen LogP contribution is -2.72. The molecule has 3 atom stereocenters. The fourth-order valence-electron chi connectivity index (χ4n) is 6.75. The van der Waals surface area contributed by atoms with Gasteiger partial charge in [-0.05, 0) is 18.2 Å². The lowest BCUT2D eigenvalue weighted by molar-refractivity contribution is -0.887. The number of alkyl halides is 4. The van der Waals surface area contributed by atoms with Gasteiger partial charge in [0, 0.05) is 29.7 Å². The number of amides is 2. The molecule has 0 bridgehead atoms. The quantitative estimate of drug-likeness (QED) is 0.244. The minimum Gasteiger partial charge on any atom is -0.484 e. The number of carbonyl (C=O) groups excluding carboxylic acids is 2. The number of carbonyl (C=O) groups is 2. The second kappa shape index (κ2) is 9.41. The van der Waals surface area contributed by atoms with Crippen LogP contribution in [0.25, 0.3) is 5.82 Å². The largest absolute Gasteiger partial charge is 0.484 e. The van der Waals surface area contributed by atoms with E-state index in [1.165, 1.54) is 25.4 Å². The molecule has 2 unspecified atom stereocenters. The maximum atomic E-state index is 17.3. The number of aromatic nitrogens is 3. The molecule has 0 radical (unpaired) electrons. The molecule has 6 rings (SSSR count). The van der Waals surface area contributed by atoms with Crippen molar-refractivity contribution in [1.82, 2.24) is 14.8 Å². The van der Waals surface area contributed by atoms with Gasteiger partial charge in [0.2, 0.25) is 11.6 Å². The molecule has 1 saturated heterocycles. The summed E-state index contributed by atoms with van der Waals surface area (Å²) < 4.78 is 100.0. The van der Waals surface area contributed by atoms with Gasteiger partial charge >= 0.3 is 12.1 Å². The molecule has 1 aliphatic carbocycles. The number of likely N-dealkylation sites (N-methyl/N-ethyl adjacent to an activating group) is 1. The fourth-order valence-corrected chi connectivity index (χ4v) is 7.29. The Balaban J connectivity index is 1.53. The number of ether oxygens (including phenoxy) is 1. The molecule has 234 valence electrons. The Morgan fingerprint density at radius 1 is 1.31 bits per heavy atom. The molecule has 17 heteroatoms. The van der Waals surface area contributed by atoms with Gasteiger partial charge in [-0.2, -0.15) is 28.2 Å². The summed E-state index contributed by atoms with van der Waals surface area (Å²) in [7, 11) is -2.45. The van der Waals surface area contributed by atoms with E-state index in [1.807, 2.05) is 6.07 Å². The van der Waals surface area contributed by atoms with E-state index in [-0.39, 0.29) is 51.7 Å². The van der Waals surface area contributed by atoms with Crippen molar-refractivity contribution < 1.29 is 49.2 Å². The zero-order valence-corrected chi connectivity index (χ0v) is 24.3. The molecular formula is C28H22F5N6O5S+. The van der Waals surface area contributed by atoms with Crippen molar-refractivity contribution in [3.8, 4) is 17.6 Å². The average molecular weight is 650 g/mol. The highest BCUT2D eigenvalue weighted by Crippen LogP contribution is 2.72. The van der Waals surface area contributed by atoms with Crippen molar-refractivity contribution in [3.05, 3.63) is 76.4 Å². The summed E-state index contributed by atoms with van der Waals surface area (Å²) in [6, 6.07) is 6.28. The number of fused-ring (bicyclic) bond motifs is 3. The van der Waals surface area contributed by atoms with Crippen molar-refractivity contribution in [2.24, 2.45) is 0 Å². The summed E-state index contributed by atoms with van der Waals surface area (Å²) in [6.07, 6.45) is -3.13. The predicted molar refractivity (Wildman–Crippen MR) is 145 cm³/mol. The van der Waals surface area contributed by atoms with E-state index >= 15 is 8.78 Å². The number of nitrogens with one attached hydrogen (secondary N) is 1. The SMILES string of the molecule is C=C1C[N+]2(C)C(=O)c3c(nn(-c4ccc(C#N)cn4)c3NC(=O)CS(C)(=O)=O)C[C@@]23c2c(F)cc(OCC(F)(F)F)cc2C13F. The molecule has 0 saturated carbocycles. The molecule has 1 aromatic carbocycles. The lowest BCUT2D eigenvalue weighted by Gasteiger charge is -2.56. The summed E-state index contributed by atoms with van der Waals surface area (Å²) in [5.41, 5.74) is -5.38. The van der Waals surface area contributed by atoms with Crippen LogP contribution in [0.15, 0.2) is 42.6 Å². The Morgan fingerprint density at radius 3 is 2.62 bits per heavy atom. The standard InChI is InChI=1S/C28H21F5N6O5S/c1-14-11-39(2)25(41)22-19(8-26(39)23-17(28(14,26)33)6-16(7-18(23)29)44-13-27(30,31)32)37-38(20-5-4-15(9-34)10-35-20)24(22)36-21(40)12-45(3,42)43/h4-7,10H,1,8,11-13H2,2-3H3/p+1/t26-,28?,39?/m0/s1. The molecule has 4 heterocycles. The number of pyridine rings is 1. The molecule has 3 aromatic rings. The minimum absolute atomic E-state index is 0.00809. The van der Waals surface area contributed by atoms with E-state index in [4.69, 9.17) is 5.26 Å². The molecule has 45 heavy (non-hydrogen) atoms. The molecular weight excluding hydrogens is 627 g/mol. The number of anilines is 1. The number of nitrogens with zero attached hydrogens (tertiary/aromatic N) is 5. The lowest BCUT2D eigenvalue weighted by atomic mass is 9.55. The monoisotopic (exact) mass is 649 g/mol. The molecule has 2 aromatic heterocycles. The first-order chi connectivity index (χ1) is 20.9. The van der Waals surface area contributed by atoms with E-state index in [2.05, 4.69) is 26.7 Å². The number of rotatable bonds is 6. The van der Waals surface area contributed by atoms with Gasteiger partial charge in [-0.1, -0.05) is 6.58 Å². The third kappa shape index (κ3) is 4.19. The number of halogens is 5. The van der Waals surface area contributed by atoms with Crippen LogP contribution in [0.1, 0.15) is 32.7 Å². The first-order valence-electron chi connectivity index (χ1n) is 13.1. The molecule has 1 fully saturated rings. The van der Waals surface area contributed by atoms with Gasteiger partial charge in [-0.25, -0.2) is 31.5 Å². The molecule has 2 amide bonds. The highest BCUT2D eigenvalue weighted by atomic mass is 32.2. The van der Waals surface area contributed by atoms with Crippen LogP contribution in [0.2, 0.25) is 0 Å². The van der Waals surface area contributed by atoms with E-state index in [9.17, 15) is 31.2 Å².